The summed E-state index contributed by atoms with van der Waals surface area (Å²) in [4.78, 5) is 34.5. The zero-order chi connectivity index (χ0) is 18.6. The zero-order valence-electron chi connectivity index (χ0n) is 13.6. The van der Waals surface area contributed by atoms with Gasteiger partial charge in [0.25, 0.3) is 11.6 Å². The second-order valence-electron chi connectivity index (χ2n) is 5.47. The number of anilines is 1. The summed E-state index contributed by atoms with van der Waals surface area (Å²) in [6.07, 6.45) is 0. The highest BCUT2D eigenvalue weighted by atomic mass is 35.5. The van der Waals surface area contributed by atoms with Gasteiger partial charge in [-0.05, 0) is 38.1 Å². The van der Waals surface area contributed by atoms with Crippen molar-refractivity contribution in [2.75, 3.05) is 5.32 Å². The third kappa shape index (κ3) is 4.77. The predicted octanol–water partition coefficient (Wildman–Crippen LogP) is 3.31. The molecule has 8 heteroatoms. The lowest BCUT2D eigenvalue weighted by molar-refractivity contribution is -0.384. The first-order chi connectivity index (χ1) is 11.8. The Bertz CT molecular complexity index is 821. The highest BCUT2D eigenvalue weighted by molar-refractivity contribution is 6.32. The number of benzene rings is 2. The van der Waals surface area contributed by atoms with Crippen LogP contribution in [0.3, 0.4) is 0 Å². The van der Waals surface area contributed by atoms with Crippen molar-refractivity contribution >= 4 is 34.8 Å². The minimum absolute atomic E-state index is 0.0473. The zero-order valence-corrected chi connectivity index (χ0v) is 14.3. The highest BCUT2D eigenvalue weighted by Crippen LogP contribution is 2.25. The Morgan fingerprint density at radius 2 is 1.80 bits per heavy atom. The summed E-state index contributed by atoms with van der Waals surface area (Å²) in [5, 5.41) is 16.0. The van der Waals surface area contributed by atoms with Crippen molar-refractivity contribution in [3.05, 3.63) is 68.7 Å². The fraction of sp³-hybridized carbons (Fsp3) is 0.176. The number of hydrogen-bond acceptors (Lipinski definition) is 4. The van der Waals surface area contributed by atoms with Crippen LogP contribution < -0.4 is 10.6 Å². The maximum Gasteiger partial charge on any atom is 0.288 e. The van der Waals surface area contributed by atoms with Crippen molar-refractivity contribution in [3.8, 4) is 0 Å². The smallest absolute Gasteiger partial charge is 0.288 e. The van der Waals surface area contributed by atoms with Gasteiger partial charge in [0.05, 0.1) is 4.92 Å². The molecule has 2 N–H and O–H groups in total. The monoisotopic (exact) mass is 361 g/mol. The molecular weight excluding hydrogens is 346 g/mol. The van der Waals surface area contributed by atoms with Gasteiger partial charge < -0.3 is 10.6 Å². The van der Waals surface area contributed by atoms with Gasteiger partial charge in [0, 0.05) is 17.3 Å². The van der Waals surface area contributed by atoms with E-state index in [9.17, 15) is 19.7 Å². The van der Waals surface area contributed by atoms with Crippen molar-refractivity contribution in [3.63, 3.8) is 0 Å². The second-order valence-corrected chi connectivity index (χ2v) is 5.88. The number of halogens is 1. The molecule has 0 saturated carbocycles. The fourth-order valence-corrected chi connectivity index (χ4v) is 2.21. The van der Waals surface area contributed by atoms with Crippen molar-refractivity contribution in [1.82, 2.24) is 5.32 Å². The van der Waals surface area contributed by atoms with Crippen LogP contribution in [-0.4, -0.2) is 22.8 Å². The first kappa shape index (κ1) is 18.4. The summed E-state index contributed by atoms with van der Waals surface area (Å²) in [7, 11) is 0. The van der Waals surface area contributed by atoms with Gasteiger partial charge in [-0.15, -0.1) is 0 Å². The molecule has 130 valence electrons. The van der Waals surface area contributed by atoms with E-state index < -0.39 is 22.8 Å². The summed E-state index contributed by atoms with van der Waals surface area (Å²) in [5.41, 5.74) is 1.35. The molecular formula is C17H16ClN3O4. The lowest BCUT2D eigenvalue weighted by Crippen LogP contribution is -2.41. The normalized spacial score (nSPS) is 11.5. The third-order valence-electron chi connectivity index (χ3n) is 3.47. The molecule has 25 heavy (non-hydrogen) atoms. The van der Waals surface area contributed by atoms with Gasteiger partial charge in [0.2, 0.25) is 5.91 Å². The number of nitro groups is 1. The summed E-state index contributed by atoms with van der Waals surface area (Å²) >= 11 is 5.72. The molecule has 2 aromatic rings. The Balaban J connectivity index is 2.04. The number of nitrogens with zero attached hydrogens (tertiary/aromatic N) is 1. The Labute approximate surface area is 149 Å². The number of carbonyl (C=O) groups excluding carboxylic acids is 2. The Hall–Kier alpha value is -2.93. The van der Waals surface area contributed by atoms with Gasteiger partial charge in [-0.1, -0.05) is 29.3 Å². The van der Waals surface area contributed by atoms with Crippen molar-refractivity contribution in [2.45, 2.75) is 19.9 Å². The number of carbonyl (C=O) groups is 2. The van der Waals surface area contributed by atoms with Crippen LogP contribution in [-0.2, 0) is 4.79 Å². The minimum atomic E-state index is -0.830. The third-order valence-corrected chi connectivity index (χ3v) is 3.78. The average Bonchev–Trinajstić information content (AvgIpc) is 2.56. The van der Waals surface area contributed by atoms with E-state index in [0.29, 0.717) is 5.69 Å². The molecule has 1 atom stereocenters. The molecule has 0 aliphatic carbocycles. The molecule has 0 fully saturated rings. The van der Waals surface area contributed by atoms with E-state index in [-0.39, 0.29) is 16.3 Å². The SMILES string of the molecule is Cc1ccc(NC(=O)[C@H](C)NC(=O)c2ccc(Cl)c([N+](=O)[O-])c2)cc1. The van der Waals surface area contributed by atoms with Crippen molar-refractivity contribution in [1.29, 1.82) is 0 Å². The molecule has 7 nitrogen and oxygen atoms in total. The molecule has 0 radical (unpaired) electrons. The van der Waals surface area contributed by atoms with Gasteiger partial charge >= 0.3 is 0 Å². The van der Waals surface area contributed by atoms with Crippen LogP contribution in [0.4, 0.5) is 11.4 Å². The summed E-state index contributed by atoms with van der Waals surface area (Å²) < 4.78 is 0. The first-order valence-electron chi connectivity index (χ1n) is 7.40. The van der Waals surface area contributed by atoms with E-state index in [1.165, 1.54) is 19.1 Å². The van der Waals surface area contributed by atoms with E-state index in [1.54, 1.807) is 12.1 Å². The lowest BCUT2D eigenvalue weighted by Gasteiger charge is -2.14. The van der Waals surface area contributed by atoms with Crippen molar-refractivity contribution < 1.29 is 14.5 Å². The average molecular weight is 362 g/mol. The maximum atomic E-state index is 12.2. The van der Waals surface area contributed by atoms with Gasteiger partial charge in [0.1, 0.15) is 11.1 Å². The van der Waals surface area contributed by atoms with Gasteiger partial charge in [-0.3, -0.25) is 19.7 Å². The summed E-state index contributed by atoms with van der Waals surface area (Å²) in [6, 6.07) is 10.1. The quantitative estimate of drug-likeness (QED) is 0.630. The highest BCUT2D eigenvalue weighted by Gasteiger charge is 2.20. The summed E-state index contributed by atoms with van der Waals surface area (Å²) in [6.45, 7) is 3.45. The number of amides is 2. The van der Waals surface area contributed by atoms with E-state index in [0.717, 1.165) is 11.6 Å². The topological polar surface area (TPSA) is 101 Å². The van der Waals surface area contributed by atoms with E-state index in [1.807, 2.05) is 19.1 Å². The standard InChI is InChI=1S/C17H16ClN3O4/c1-10-3-6-13(7-4-10)20-16(22)11(2)19-17(23)12-5-8-14(18)15(9-12)21(24)25/h3-9,11H,1-2H3,(H,19,23)(H,20,22)/t11-/m0/s1. The molecule has 0 saturated heterocycles. The molecule has 0 aliphatic rings. The van der Waals surface area contributed by atoms with Crippen LogP contribution in [0, 0.1) is 17.0 Å². The maximum absolute atomic E-state index is 12.2. The Kier molecular flexibility index (Phi) is 5.71. The molecule has 2 amide bonds. The van der Waals surface area contributed by atoms with Crippen LogP contribution in [0.5, 0.6) is 0 Å². The van der Waals surface area contributed by atoms with E-state index in [2.05, 4.69) is 10.6 Å². The van der Waals surface area contributed by atoms with Crippen LogP contribution >= 0.6 is 11.6 Å². The number of aryl methyl sites for hydroxylation is 1. The molecule has 0 heterocycles. The first-order valence-corrected chi connectivity index (χ1v) is 7.78. The largest absolute Gasteiger partial charge is 0.341 e. The predicted molar refractivity (Wildman–Crippen MR) is 94.8 cm³/mol. The molecule has 2 rings (SSSR count). The lowest BCUT2D eigenvalue weighted by atomic mass is 10.1. The van der Waals surface area contributed by atoms with E-state index in [4.69, 9.17) is 11.6 Å². The van der Waals surface area contributed by atoms with E-state index >= 15 is 0 Å². The van der Waals surface area contributed by atoms with Gasteiger partial charge in [-0.25, -0.2) is 0 Å². The molecule has 0 unspecified atom stereocenters. The van der Waals surface area contributed by atoms with Crippen LogP contribution in [0.25, 0.3) is 0 Å². The van der Waals surface area contributed by atoms with Crippen LogP contribution in [0.2, 0.25) is 5.02 Å². The minimum Gasteiger partial charge on any atom is -0.341 e. The van der Waals surface area contributed by atoms with Gasteiger partial charge in [0.15, 0.2) is 0 Å². The molecule has 0 bridgehead atoms. The Morgan fingerprint density at radius 3 is 2.40 bits per heavy atom. The molecule has 0 aliphatic heterocycles. The molecule has 0 spiro atoms. The molecule has 2 aromatic carbocycles. The number of hydrogen-bond donors (Lipinski definition) is 2. The molecule has 0 aromatic heterocycles. The fourth-order valence-electron chi connectivity index (χ4n) is 2.03. The summed E-state index contributed by atoms with van der Waals surface area (Å²) in [5.74, 6) is -1.01. The number of nitrogens with one attached hydrogen (secondary N) is 2. The number of nitro benzene ring substituents is 1. The number of rotatable bonds is 5. The Morgan fingerprint density at radius 1 is 1.16 bits per heavy atom. The van der Waals surface area contributed by atoms with Crippen LogP contribution in [0.1, 0.15) is 22.8 Å². The van der Waals surface area contributed by atoms with Crippen LogP contribution in [0.15, 0.2) is 42.5 Å². The van der Waals surface area contributed by atoms with Gasteiger partial charge in [-0.2, -0.15) is 0 Å². The second kappa shape index (κ2) is 7.76. The van der Waals surface area contributed by atoms with Crippen molar-refractivity contribution in [2.24, 2.45) is 0 Å².